The van der Waals surface area contributed by atoms with Crippen molar-refractivity contribution in [2.45, 2.75) is 69.9 Å². The van der Waals surface area contributed by atoms with Crippen molar-refractivity contribution < 1.29 is 19.2 Å². The minimum absolute atomic E-state index is 0.0503. The van der Waals surface area contributed by atoms with E-state index in [1.807, 2.05) is 23.3 Å². The molecule has 8 heteroatoms. The summed E-state index contributed by atoms with van der Waals surface area (Å²) in [5.74, 6) is 3.07. The molecule has 36 heavy (non-hydrogen) atoms. The van der Waals surface area contributed by atoms with E-state index >= 15 is 0 Å². The molecule has 1 aromatic carbocycles. The van der Waals surface area contributed by atoms with Crippen molar-refractivity contribution in [1.82, 2.24) is 9.63 Å². The molecule has 5 aliphatic carbocycles. The van der Waals surface area contributed by atoms with Crippen LogP contribution in [0.25, 0.3) is 11.1 Å². The number of nitrogens with two attached hydrogens (primary N) is 2. The first-order valence-electron chi connectivity index (χ1n) is 13.4. The van der Waals surface area contributed by atoms with Gasteiger partial charge >= 0.3 is 12.2 Å². The highest BCUT2D eigenvalue weighted by Gasteiger charge is 2.59. The van der Waals surface area contributed by atoms with Crippen LogP contribution in [0.2, 0.25) is 0 Å². The van der Waals surface area contributed by atoms with E-state index in [9.17, 15) is 9.59 Å². The standard InChI is InChI=1S/C28H34N4O4/c29-26(33)35-24-21(19-4-2-1-3-5-19)22(20-6-7-20)31-8-9-32(36-27(30)34)25(23(24)31)28-13-16-10-17(14-28)12-18(11-16)15-28/h1-5,16-18,20,25H,6-15H2,(H2,29,33)(H2,30,34). The van der Waals surface area contributed by atoms with E-state index < -0.39 is 12.2 Å². The summed E-state index contributed by atoms with van der Waals surface area (Å²) in [6.45, 7) is 1.19. The van der Waals surface area contributed by atoms with Gasteiger partial charge in [-0.3, -0.25) is 0 Å². The van der Waals surface area contributed by atoms with Gasteiger partial charge in [0, 0.05) is 23.7 Å². The third-order valence-corrected chi connectivity index (χ3v) is 9.49. The van der Waals surface area contributed by atoms with Crippen molar-refractivity contribution in [3.8, 4) is 16.9 Å². The van der Waals surface area contributed by atoms with Gasteiger partial charge in [-0.1, -0.05) is 30.3 Å². The summed E-state index contributed by atoms with van der Waals surface area (Å²) < 4.78 is 8.30. The summed E-state index contributed by atoms with van der Waals surface area (Å²) in [6.07, 6.45) is 7.82. The van der Waals surface area contributed by atoms with Crippen LogP contribution < -0.4 is 16.2 Å². The quantitative estimate of drug-likeness (QED) is 0.607. The third kappa shape index (κ3) is 3.44. The number of benzene rings is 1. The Morgan fingerprint density at radius 3 is 2.06 bits per heavy atom. The molecule has 1 aromatic heterocycles. The molecular formula is C28H34N4O4. The number of amides is 2. The van der Waals surface area contributed by atoms with Crippen molar-refractivity contribution in [2.75, 3.05) is 6.54 Å². The Morgan fingerprint density at radius 1 is 0.861 bits per heavy atom. The second kappa shape index (κ2) is 8.00. The predicted octanol–water partition coefficient (Wildman–Crippen LogP) is 5.07. The number of nitrogens with zero attached hydrogens (tertiary/aromatic N) is 2. The monoisotopic (exact) mass is 490 g/mol. The number of hydrogen-bond donors (Lipinski definition) is 2. The Labute approximate surface area is 210 Å². The van der Waals surface area contributed by atoms with Gasteiger partial charge in [0.15, 0.2) is 5.75 Å². The van der Waals surface area contributed by atoms with Gasteiger partial charge in [0.2, 0.25) is 0 Å². The highest BCUT2D eigenvalue weighted by atomic mass is 16.7. The summed E-state index contributed by atoms with van der Waals surface area (Å²) in [6, 6.07) is 9.92. The number of fused-ring (bicyclic) bond motifs is 1. The fourth-order valence-electron chi connectivity index (χ4n) is 8.80. The lowest BCUT2D eigenvalue weighted by Crippen LogP contribution is -2.55. The SMILES string of the molecule is NC(=O)Oc1c(-c2ccccc2)c(C2CC2)n2c1C(C13CC4CC(CC(C4)C1)C3)N(OC(N)=O)CC2. The predicted molar refractivity (Wildman–Crippen MR) is 133 cm³/mol. The van der Waals surface area contributed by atoms with Gasteiger partial charge < -0.3 is 25.6 Å². The maximum Gasteiger partial charge on any atom is 0.423 e. The van der Waals surface area contributed by atoms with Crippen molar-refractivity contribution in [3.63, 3.8) is 0 Å². The van der Waals surface area contributed by atoms with Crippen LogP contribution in [0.5, 0.6) is 5.75 Å². The first kappa shape index (κ1) is 22.2. The summed E-state index contributed by atoms with van der Waals surface area (Å²) in [5, 5.41) is 1.81. The van der Waals surface area contributed by atoms with Crippen LogP contribution in [0.15, 0.2) is 30.3 Å². The molecule has 4 N–H and O–H groups in total. The molecule has 2 amide bonds. The molecule has 6 aliphatic rings. The third-order valence-electron chi connectivity index (χ3n) is 9.49. The zero-order valence-corrected chi connectivity index (χ0v) is 20.5. The van der Waals surface area contributed by atoms with Crippen molar-refractivity contribution in [2.24, 2.45) is 34.6 Å². The van der Waals surface area contributed by atoms with E-state index in [0.717, 1.165) is 48.9 Å². The minimum Gasteiger partial charge on any atom is -0.408 e. The van der Waals surface area contributed by atoms with E-state index in [1.165, 1.54) is 25.0 Å². The van der Waals surface area contributed by atoms with Crippen molar-refractivity contribution in [1.29, 1.82) is 0 Å². The Morgan fingerprint density at radius 2 is 1.50 bits per heavy atom. The summed E-state index contributed by atoms with van der Waals surface area (Å²) in [5.41, 5.74) is 15.4. The summed E-state index contributed by atoms with van der Waals surface area (Å²) >= 11 is 0. The highest BCUT2D eigenvalue weighted by molar-refractivity contribution is 5.81. The van der Waals surface area contributed by atoms with E-state index in [2.05, 4.69) is 16.7 Å². The van der Waals surface area contributed by atoms with E-state index in [1.54, 1.807) is 0 Å². The number of ether oxygens (including phenoxy) is 1. The molecule has 8 rings (SSSR count). The lowest BCUT2D eigenvalue weighted by atomic mass is 9.47. The molecule has 1 aliphatic heterocycles. The fraction of sp³-hybridized carbons (Fsp3) is 0.571. The average molecular weight is 491 g/mol. The second-order valence-corrected chi connectivity index (χ2v) is 11.9. The number of rotatable bonds is 5. The zero-order valence-electron chi connectivity index (χ0n) is 20.5. The molecule has 5 fully saturated rings. The molecule has 4 bridgehead atoms. The molecule has 2 heterocycles. The Balaban J connectivity index is 1.47. The van der Waals surface area contributed by atoms with Gasteiger partial charge in [-0.25, -0.2) is 9.59 Å². The topological polar surface area (TPSA) is 113 Å². The van der Waals surface area contributed by atoms with Gasteiger partial charge in [-0.15, -0.1) is 5.06 Å². The molecule has 0 radical (unpaired) electrons. The van der Waals surface area contributed by atoms with Crippen LogP contribution in [-0.2, 0) is 11.4 Å². The number of carbonyl (C=O) groups excluding carboxylic acids is 2. The smallest absolute Gasteiger partial charge is 0.408 e. The number of aromatic nitrogens is 1. The van der Waals surface area contributed by atoms with E-state index in [4.69, 9.17) is 21.0 Å². The number of carbonyl (C=O) groups is 2. The van der Waals surface area contributed by atoms with Crippen LogP contribution in [0.1, 0.15) is 74.7 Å². The van der Waals surface area contributed by atoms with E-state index in [-0.39, 0.29) is 11.5 Å². The molecular weight excluding hydrogens is 456 g/mol. The molecule has 2 aromatic rings. The molecule has 1 unspecified atom stereocenters. The summed E-state index contributed by atoms with van der Waals surface area (Å²) in [7, 11) is 0. The second-order valence-electron chi connectivity index (χ2n) is 11.9. The fourth-order valence-corrected chi connectivity index (χ4v) is 8.80. The Kier molecular flexibility index (Phi) is 4.94. The molecule has 5 saturated carbocycles. The van der Waals surface area contributed by atoms with Crippen LogP contribution in [-0.4, -0.2) is 28.4 Å². The van der Waals surface area contributed by atoms with Crippen molar-refractivity contribution >= 4 is 12.2 Å². The van der Waals surface area contributed by atoms with Gasteiger partial charge in [-0.05, 0) is 80.1 Å². The maximum absolute atomic E-state index is 12.3. The molecule has 190 valence electrons. The number of hydrogen-bond acceptors (Lipinski definition) is 5. The molecule has 0 spiro atoms. The van der Waals surface area contributed by atoms with Gasteiger partial charge in [0.25, 0.3) is 0 Å². The molecule has 1 atom stereocenters. The molecule has 8 nitrogen and oxygen atoms in total. The zero-order chi connectivity index (χ0) is 24.6. The number of hydroxylamine groups is 2. The van der Waals surface area contributed by atoms with Crippen molar-refractivity contribution in [3.05, 3.63) is 41.7 Å². The average Bonchev–Trinajstić information content (AvgIpc) is 3.61. The maximum atomic E-state index is 12.3. The largest absolute Gasteiger partial charge is 0.423 e. The van der Waals surface area contributed by atoms with Gasteiger partial charge in [-0.2, -0.15) is 0 Å². The lowest BCUT2D eigenvalue weighted by Gasteiger charge is -2.61. The Hall–Kier alpha value is -3.00. The molecule has 0 saturated heterocycles. The van der Waals surface area contributed by atoms with Gasteiger partial charge in [0.1, 0.15) is 0 Å². The normalized spacial score (nSPS) is 32.8. The lowest BCUT2D eigenvalue weighted by molar-refractivity contribution is -0.209. The Bertz CT molecular complexity index is 1180. The first-order valence-corrected chi connectivity index (χ1v) is 13.4. The number of primary amides is 2. The first-order chi connectivity index (χ1) is 17.4. The van der Waals surface area contributed by atoms with Crippen LogP contribution in [0.3, 0.4) is 0 Å². The van der Waals surface area contributed by atoms with E-state index in [0.29, 0.717) is 42.5 Å². The van der Waals surface area contributed by atoms with Gasteiger partial charge in [0.05, 0.1) is 18.3 Å². The van der Waals surface area contributed by atoms with Crippen LogP contribution in [0, 0.1) is 23.2 Å². The van der Waals surface area contributed by atoms with Crippen LogP contribution in [0.4, 0.5) is 9.59 Å². The summed E-state index contributed by atoms with van der Waals surface area (Å²) in [4.78, 5) is 30.1. The van der Waals surface area contributed by atoms with Crippen LogP contribution >= 0.6 is 0 Å². The minimum atomic E-state index is -0.819. The highest BCUT2D eigenvalue weighted by Crippen LogP contribution is 2.67.